The van der Waals surface area contributed by atoms with Crippen LogP contribution in [0.15, 0.2) is 30.5 Å². The van der Waals surface area contributed by atoms with Gasteiger partial charge in [0.1, 0.15) is 0 Å². The number of hydrogen-bond acceptors (Lipinski definition) is 4. The van der Waals surface area contributed by atoms with Gasteiger partial charge in [-0.25, -0.2) is 0 Å². The summed E-state index contributed by atoms with van der Waals surface area (Å²) in [6, 6.07) is 7.84. The van der Waals surface area contributed by atoms with Crippen molar-refractivity contribution in [2.24, 2.45) is 18.9 Å². The first kappa shape index (κ1) is 17.9. The fourth-order valence-electron chi connectivity index (χ4n) is 3.76. The molecule has 0 radical (unpaired) electrons. The summed E-state index contributed by atoms with van der Waals surface area (Å²) in [5, 5.41) is 19.9. The highest BCUT2D eigenvalue weighted by Gasteiger charge is 2.35. The molecule has 2 heterocycles. The van der Waals surface area contributed by atoms with Crippen LogP contribution < -0.4 is 0 Å². The Morgan fingerprint density at radius 1 is 1.24 bits per heavy atom. The van der Waals surface area contributed by atoms with Crippen LogP contribution in [0.25, 0.3) is 10.9 Å². The number of aromatic nitrogens is 1. The molecule has 1 aliphatic heterocycles. The van der Waals surface area contributed by atoms with E-state index >= 15 is 0 Å². The lowest BCUT2D eigenvalue weighted by molar-refractivity contribution is 0.0779. The highest BCUT2D eigenvalue weighted by molar-refractivity contribution is 5.98. The van der Waals surface area contributed by atoms with Gasteiger partial charge in [-0.3, -0.25) is 4.79 Å². The number of rotatable bonds is 6. The summed E-state index contributed by atoms with van der Waals surface area (Å²) < 4.78 is 2.01. The number of likely N-dealkylation sites (tertiary alicyclic amines) is 1. The molecule has 0 saturated carbocycles. The van der Waals surface area contributed by atoms with Crippen molar-refractivity contribution in [2.45, 2.75) is 0 Å². The number of likely N-dealkylation sites (N-methyl/N-ethyl adjacent to an activating group) is 1. The summed E-state index contributed by atoms with van der Waals surface area (Å²) in [5.41, 5.74) is 1.73. The van der Waals surface area contributed by atoms with Gasteiger partial charge < -0.3 is 24.6 Å². The first-order valence-corrected chi connectivity index (χ1v) is 8.78. The summed E-state index contributed by atoms with van der Waals surface area (Å²) in [6.07, 6.45) is 1.99. The number of aryl methyl sites for hydroxylation is 1. The first-order chi connectivity index (χ1) is 12.0. The van der Waals surface area contributed by atoms with Gasteiger partial charge in [-0.15, -0.1) is 0 Å². The van der Waals surface area contributed by atoms with Crippen molar-refractivity contribution < 1.29 is 15.0 Å². The normalized spacial score (nSPS) is 20.8. The van der Waals surface area contributed by atoms with E-state index in [1.54, 1.807) is 0 Å². The van der Waals surface area contributed by atoms with E-state index in [-0.39, 0.29) is 31.0 Å². The van der Waals surface area contributed by atoms with E-state index in [1.807, 2.05) is 54.0 Å². The monoisotopic (exact) mass is 345 g/mol. The average molecular weight is 345 g/mol. The Labute approximate surface area is 148 Å². The second-order valence-corrected chi connectivity index (χ2v) is 7.10. The molecule has 6 heteroatoms. The molecule has 0 bridgehead atoms. The molecule has 1 aromatic heterocycles. The van der Waals surface area contributed by atoms with Crippen LogP contribution in [0.4, 0.5) is 0 Å². The third-order valence-electron chi connectivity index (χ3n) is 5.26. The maximum Gasteiger partial charge on any atom is 0.253 e. The molecule has 6 nitrogen and oxygen atoms in total. The van der Waals surface area contributed by atoms with Crippen molar-refractivity contribution in [3.63, 3.8) is 0 Å². The summed E-state index contributed by atoms with van der Waals surface area (Å²) in [7, 11) is 3.93. The molecule has 2 atom stereocenters. The lowest BCUT2D eigenvalue weighted by Crippen LogP contribution is -2.33. The average Bonchev–Trinajstić information content (AvgIpc) is 3.18. The molecule has 1 saturated heterocycles. The van der Waals surface area contributed by atoms with Crippen molar-refractivity contribution in [1.82, 2.24) is 14.4 Å². The van der Waals surface area contributed by atoms with Gasteiger partial charge in [-0.2, -0.15) is 0 Å². The minimum absolute atomic E-state index is 0.0221. The summed E-state index contributed by atoms with van der Waals surface area (Å²) in [4.78, 5) is 16.8. The minimum Gasteiger partial charge on any atom is -0.396 e. The maximum atomic E-state index is 12.9. The van der Waals surface area contributed by atoms with Gasteiger partial charge in [0.2, 0.25) is 0 Å². The number of benzene rings is 1. The second-order valence-electron chi connectivity index (χ2n) is 7.10. The Morgan fingerprint density at radius 2 is 2.00 bits per heavy atom. The van der Waals surface area contributed by atoms with Gasteiger partial charge in [0.15, 0.2) is 0 Å². The molecule has 1 amide bonds. The molecule has 0 spiro atoms. The predicted octanol–water partition coefficient (Wildman–Crippen LogP) is 0.783. The molecule has 25 heavy (non-hydrogen) atoms. The Bertz CT molecular complexity index is 743. The van der Waals surface area contributed by atoms with Gasteiger partial charge in [0.25, 0.3) is 5.91 Å². The third kappa shape index (κ3) is 3.71. The molecule has 0 aliphatic carbocycles. The smallest absolute Gasteiger partial charge is 0.253 e. The van der Waals surface area contributed by atoms with Crippen LogP contribution in [0.2, 0.25) is 0 Å². The summed E-state index contributed by atoms with van der Waals surface area (Å²) in [6.45, 7) is 2.80. The van der Waals surface area contributed by atoms with Gasteiger partial charge in [0.05, 0.1) is 6.61 Å². The molecular formula is C19H27N3O3. The SMILES string of the molecule is CN(CCO)C[C@@H]1CN(C(=O)c2ccc3ccn(C)c3c2)C[C@@H]1CO. The zero-order valence-corrected chi connectivity index (χ0v) is 14.9. The van der Waals surface area contributed by atoms with E-state index in [0.717, 1.165) is 17.4 Å². The first-order valence-electron chi connectivity index (χ1n) is 8.78. The lowest BCUT2D eigenvalue weighted by Gasteiger charge is -2.23. The number of nitrogens with zero attached hydrogens (tertiary/aromatic N) is 3. The standard InChI is InChI=1S/C19H27N3O3/c1-20(7-8-23)10-16-11-22(12-17(16)13-24)19(25)15-4-3-14-5-6-21(2)18(14)9-15/h3-6,9,16-17,23-24H,7-8,10-13H2,1-2H3/t16-,17-/m1/s1. The number of fused-ring (bicyclic) bond motifs is 1. The fourth-order valence-corrected chi connectivity index (χ4v) is 3.76. The summed E-state index contributed by atoms with van der Waals surface area (Å²) in [5.74, 6) is 0.335. The summed E-state index contributed by atoms with van der Waals surface area (Å²) >= 11 is 0. The highest BCUT2D eigenvalue weighted by Crippen LogP contribution is 2.26. The van der Waals surface area contributed by atoms with Crippen LogP contribution in [0.3, 0.4) is 0 Å². The van der Waals surface area contributed by atoms with Crippen molar-refractivity contribution in [2.75, 3.05) is 46.4 Å². The zero-order valence-electron chi connectivity index (χ0n) is 14.9. The maximum absolute atomic E-state index is 12.9. The molecule has 1 aliphatic rings. The molecule has 1 fully saturated rings. The van der Waals surface area contributed by atoms with Crippen LogP contribution in [0.5, 0.6) is 0 Å². The van der Waals surface area contributed by atoms with Crippen molar-refractivity contribution in [3.05, 3.63) is 36.0 Å². The van der Waals surface area contributed by atoms with E-state index in [0.29, 0.717) is 25.2 Å². The number of hydrogen-bond donors (Lipinski definition) is 2. The van der Waals surface area contributed by atoms with Crippen LogP contribution >= 0.6 is 0 Å². The van der Waals surface area contributed by atoms with Crippen molar-refractivity contribution >= 4 is 16.8 Å². The Morgan fingerprint density at radius 3 is 2.72 bits per heavy atom. The molecule has 136 valence electrons. The largest absolute Gasteiger partial charge is 0.396 e. The van der Waals surface area contributed by atoms with E-state index in [4.69, 9.17) is 5.11 Å². The lowest BCUT2D eigenvalue weighted by atomic mass is 9.96. The number of carbonyl (C=O) groups is 1. The quantitative estimate of drug-likeness (QED) is 0.812. The van der Waals surface area contributed by atoms with Gasteiger partial charge in [0, 0.05) is 63.0 Å². The molecule has 2 N–H and O–H groups in total. The Balaban J connectivity index is 1.74. The van der Waals surface area contributed by atoms with E-state index < -0.39 is 0 Å². The van der Waals surface area contributed by atoms with Crippen LogP contribution in [0.1, 0.15) is 10.4 Å². The van der Waals surface area contributed by atoms with Gasteiger partial charge in [-0.1, -0.05) is 6.07 Å². The minimum atomic E-state index is 0.0221. The van der Waals surface area contributed by atoms with Gasteiger partial charge >= 0.3 is 0 Å². The van der Waals surface area contributed by atoms with E-state index in [1.165, 1.54) is 0 Å². The third-order valence-corrected chi connectivity index (χ3v) is 5.26. The van der Waals surface area contributed by atoms with Crippen LogP contribution in [-0.2, 0) is 7.05 Å². The van der Waals surface area contributed by atoms with Gasteiger partial charge in [-0.05, 0) is 36.6 Å². The fraction of sp³-hybridized carbons (Fsp3) is 0.526. The van der Waals surface area contributed by atoms with Crippen LogP contribution in [0, 0.1) is 11.8 Å². The highest BCUT2D eigenvalue weighted by atomic mass is 16.3. The zero-order chi connectivity index (χ0) is 18.0. The predicted molar refractivity (Wildman–Crippen MR) is 97.5 cm³/mol. The molecule has 3 rings (SSSR count). The second kappa shape index (κ2) is 7.56. The number of aliphatic hydroxyl groups is 2. The molecule has 1 aromatic carbocycles. The van der Waals surface area contributed by atoms with Crippen molar-refractivity contribution in [1.29, 1.82) is 0 Å². The molecular weight excluding hydrogens is 318 g/mol. The Kier molecular flexibility index (Phi) is 5.42. The number of amides is 1. The van der Waals surface area contributed by atoms with E-state index in [9.17, 15) is 9.90 Å². The molecule has 2 aromatic rings. The Hall–Kier alpha value is -1.89. The topological polar surface area (TPSA) is 68.9 Å². The number of aliphatic hydroxyl groups excluding tert-OH is 2. The van der Waals surface area contributed by atoms with Crippen LogP contribution in [-0.4, -0.2) is 76.9 Å². The number of carbonyl (C=O) groups excluding carboxylic acids is 1. The van der Waals surface area contributed by atoms with Crippen molar-refractivity contribution in [3.8, 4) is 0 Å². The molecule has 0 unspecified atom stereocenters. The van der Waals surface area contributed by atoms with E-state index in [2.05, 4.69) is 4.90 Å².